The zero-order chi connectivity index (χ0) is 13.9. The molecule has 7 heteroatoms. The summed E-state index contributed by atoms with van der Waals surface area (Å²) in [6.07, 6.45) is -0.864. The van der Waals surface area contributed by atoms with Gasteiger partial charge in [-0.25, -0.2) is 14.7 Å². The number of rotatable bonds is 5. The minimum atomic E-state index is -1.34. The van der Waals surface area contributed by atoms with Crippen LogP contribution < -0.4 is 4.90 Å². The number of nitrogens with zero attached hydrogens (tertiary/aromatic N) is 2. The molecule has 0 radical (unpaired) electrons. The normalized spacial score (nSPS) is 13.1. The van der Waals surface area contributed by atoms with Gasteiger partial charge in [0.05, 0.1) is 11.3 Å². The summed E-state index contributed by atoms with van der Waals surface area (Å²) in [5.74, 6) is 0. The third kappa shape index (κ3) is 3.28. The number of thiazole rings is 1. The van der Waals surface area contributed by atoms with Crippen molar-refractivity contribution in [2.45, 2.75) is 25.6 Å². The lowest BCUT2D eigenvalue weighted by atomic mass is 10.0. The molecule has 0 fully saturated rings. The first kappa shape index (κ1) is 14.6. The monoisotopic (exact) mass is 272 g/mol. The molecule has 0 saturated carbocycles. The average Bonchev–Trinajstić information content (AvgIpc) is 2.71. The lowest BCUT2D eigenvalue weighted by molar-refractivity contribution is -0.0514. The van der Waals surface area contributed by atoms with E-state index in [-0.39, 0.29) is 17.4 Å². The minimum Gasteiger partial charge on any atom is -0.465 e. The third-order valence-electron chi connectivity index (χ3n) is 2.23. The molecular formula is C11H16N2O4S. The van der Waals surface area contributed by atoms with E-state index in [2.05, 4.69) is 11.6 Å². The smallest absolute Gasteiger partial charge is 0.413 e. The van der Waals surface area contributed by atoms with Gasteiger partial charge in [0.1, 0.15) is 6.10 Å². The van der Waals surface area contributed by atoms with E-state index in [0.29, 0.717) is 0 Å². The molecule has 0 aliphatic carbocycles. The van der Waals surface area contributed by atoms with Crippen LogP contribution in [-0.2, 0) is 0 Å². The van der Waals surface area contributed by atoms with E-state index >= 15 is 0 Å². The summed E-state index contributed by atoms with van der Waals surface area (Å²) in [6, 6.07) is 0. The molecule has 1 aromatic heterocycles. The van der Waals surface area contributed by atoms with Crippen molar-refractivity contribution in [3.8, 4) is 0 Å². The maximum absolute atomic E-state index is 11.0. The standard InChI is InChI=1S/C11H16N2O4S/c1-4-5-13(10(15)16)9-12-7(6-18-9)8(14)11(2,3)17/h4,6,8,14,17H,1,5H2,2-3H3,(H,15,16). The lowest BCUT2D eigenvalue weighted by Crippen LogP contribution is -2.30. The summed E-state index contributed by atoms with van der Waals surface area (Å²) in [5, 5.41) is 30.3. The molecule has 0 saturated heterocycles. The van der Waals surface area contributed by atoms with Crippen LogP contribution in [0.5, 0.6) is 0 Å². The number of anilines is 1. The highest BCUT2D eigenvalue weighted by atomic mass is 32.1. The fourth-order valence-corrected chi connectivity index (χ4v) is 2.10. The van der Waals surface area contributed by atoms with Gasteiger partial charge in [0, 0.05) is 11.9 Å². The Morgan fingerprint density at radius 1 is 1.72 bits per heavy atom. The molecule has 100 valence electrons. The van der Waals surface area contributed by atoms with Crippen molar-refractivity contribution in [3.05, 3.63) is 23.7 Å². The van der Waals surface area contributed by atoms with E-state index in [1.54, 1.807) is 0 Å². The SMILES string of the molecule is C=CCN(C(=O)O)c1nc(C(O)C(C)(C)O)cs1. The molecule has 1 atom stereocenters. The molecule has 18 heavy (non-hydrogen) atoms. The third-order valence-corrected chi connectivity index (χ3v) is 3.11. The molecule has 1 heterocycles. The van der Waals surface area contributed by atoms with Crippen molar-refractivity contribution in [3.63, 3.8) is 0 Å². The van der Waals surface area contributed by atoms with Gasteiger partial charge in [-0.3, -0.25) is 0 Å². The molecule has 0 bridgehead atoms. The molecule has 0 aliphatic heterocycles. The van der Waals surface area contributed by atoms with Gasteiger partial charge >= 0.3 is 6.09 Å². The van der Waals surface area contributed by atoms with Crippen LogP contribution in [-0.4, -0.2) is 38.5 Å². The second kappa shape index (κ2) is 5.47. The quantitative estimate of drug-likeness (QED) is 0.708. The number of hydrogen-bond acceptors (Lipinski definition) is 5. The van der Waals surface area contributed by atoms with Crippen molar-refractivity contribution in [2.24, 2.45) is 0 Å². The molecule has 1 aromatic rings. The topological polar surface area (TPSA) is 93.9 Å². The van der Waals surface area contributed by atoms with Gasteiger partial charge in [-0.05, 0) is 13.8 Å². The number of aromatic nitrogens is 1. The molecule has 6 nitrogen and oxygen atoms in total. The maximum Gasteiger partial charge on any atom is 0.413 e. The van der Waals surface area contributed by atoms with Crippen molar-refractivity contribution in [1.29, 1.82) is 0 Å². The molecule has 0 aromatic carbocycles. The summed E-state index contributed by atoms with van der Waals surface area (Å²) in [6.45, 7) is 6.49. The van der Waals surface area contributed by atoms with Crippen molar-refractivity contribution in [2.75, 3.05) is 11.4 Å². The summed E-state index contributed by atoms with van der Waals surface area (Å²) in [4.78, 5) is 16.0. The average molecular weight is 272 g/mol. The van der Waals surface area contributed by atoms with E-state index in [1.807, 2.05) is 0 Å². The Labute approximate surface area is 109 Å². The van der Waals surface area contributed by atoms with Crippen LogP contribution in [0, 0.1) is 0 Å². The van der Waals surface area contributed by atoms with E-state index in [1.165, 1.54) is 25.3 Å². The zero-order valence-corrected chi connectivity index (χ0v) is 11.0. The Bertz CT molecular complexity index is 438. The van der Waals surface area contributed by atoms with Crippen LogP contribution in [0.25, 0.3) is 0 Å². The van der Waals surface area contributed by atoms with Gasteiger partial charge in [-0.1, -0.05) is 6.08 Å². The second-order valence-corrected chi connectivity index (χ2v) is 5.13. The van der Waals surface area contributed by atoms with Crippen LogP contribution in [0.3, 0.4) is 0 Å². The molecule has 0 aliphatic rings. The highest BCUT2D eigenvalue weighted by Gasteiger charge is 2.29. The maximum atomic E-state index is 11.0. The van der Waals surface area contributed by atoms with E-state index in [9.17, 15) is 15.0 Å². The zero-order valence-electron chi connectivity index (χ0n) is 10.2. The van der Waals surface area contributed by atoms with Gasteiger partial charge < -0.3 is 15.3 Å². The van der Waals surface area contributed by atoms with Gasteiger partial charge in [0.15, 0.2) is 5.13 Å². The first-order chi connectivity index (χ1) is 8.27. The molecular weight excluding hydrogens is 256 g/mol. The minimum absolute atomic E-state index is 0.112. The summed E-state index contributed by atoms with van der Waals surface area (Å²) in [5.41, 5.74) is -1.09. The summed E-state index contributed by atoms with van der Waals surface area (Å²) >= 11 is 1.09. The summed E-state index contributed by atoms with van der Waals surface area (Å²) < 4.78 is 0. The Morgan fingerprint density at radius 2 is 2.33 bits per heavy atom. The van der Waals surface area contributed by atoms with E-state index in [4.69, 9.17) is 5.11 Å². The second-order valence-electron chi connectivity index (χ2n) is 4.29. The fraction of sp³-hybridized carbons (Fsp3) is 0.455. The predicted molar refractivity (Wildman–Crippen MR) is 68.9 cm³/mol. The predicted octanol–water partition coefficient (Wildman–Crippen LogP) is 1.62. The van der Waals surface area contributed by atoms with Crippen LogP contribution in [0.15, 0.2) is 18.0 Å². The van der Waals surface area contributed by atoms with Crippen LogP contribution in [0.1, 0.15) is 25.6 Å². The number of carbonyl (C=O) groups is 1. The van der Waals surface area contributed by atoms with E-state index < -0.39 is 17.8 Å². The van der Waals surface area contributed by atoms with Crippen molar-refractivity contribution < 1.29 is 20.1 Å². The Balaban J connectivity index is 2.98. The van der Waals surface area contributed by atoms with Gasteiger partial charge in [0.2, 0.25) is 0 Å². The van der Waals surface area contributed by atoms with E-state index in [0.717, 1.165) is 16.2 Å². The van der Waals surface area contributed by atoms with Gasteiger partial charge in [0.25, 0.3) is 0 Å². The van der Waals surface area contributed by atoms with Gasteiger partial charge in [-0.2, -0.15) is 0 Å². The highest BCUT2D eigenvalue weighted by molar-refractivity contribution is 7.14. The first-order valence-corrected chi connectivity index (χ1v) is 6.12. The van der Waals surface area contributed by atoms with Crippen LogP contribution in [0.2, 0.25) is 0 Å². The van der Waals surface area contributed by atoms with Crippen molar-refractivity contribution in [1.82, 2.24) is 4.98 Å². The lowest BCUT2D eigenvalue weighted by Gasteiger charge is -2.22. The fourth-order valence-electron chi connectivity index (χ4n) is 1.25. The molecule has 1 unspecified atom stereocenters. The number of hydrogen-bond donors (Lipinski definition) is 3. The Kier molecular flexibility index (Phi) is 4.44. The largest absolute Gasteiger partial charge is 0.465 e. The molecule has 3 N–H and O–H groups in total. The number of aliphatic hydroxyl groups excluding tert-OH is 1. The number of carboxylic acid groups (broad SMARTS) is 1. The Hall–Kier alpha value is -1.44. The number of aliphatic hydroxyl groups is 2. The van der Waals surface area contributed by atoms with Crippen LogP contribution in [0.4, 0.5) is 9.93 Å². The summed E-state index contributed by atoms with van der Waals surface area (Å²) in [7, 11) is 0. The Morgan fingerprint density at radius 3 is 2.78 bits per heavy atom. The van der Waals surface area contributed by atoms with Crippen LogP contribution >= 0.6 is 11.3 Å². The molecule has 0 spiro atoms. The number of amides is 1. The van der Waals surface area contributed by atoms with Gasteiger partial charge in [-0.15, -0.1) is 17.9 Å². The van der Waals surface area contributed by atoms with Crippen molar-refractivity contribution >= 4 is 22.6 Å². The first-order valence-electron chi connectivity index (χ1n) is 5.24. The highest BCUT2D eigenvalue weighted by Crippen LogP contribution is 2.29. The molecule has 1 rings (SSSR count). The molecule has 1 amide bonds.